The Labute approximate surface area is 183 Å². The normalized spacial score (nSPS) is 28.6. The van der Waals surface area contributed by atoms with Gasteiger partial charge in [0.15, 0.2) is 0 Å². The number of fused-ring (bicyclic) bond motifs is 2. The van der Waals surface area contributed by atoms with E-state index in [0.717, 1.165) is 46.3 Å². The monoisotopic (exact) mass is 454 g/mol. The SMILES string of the molecule is CC1CC2CC(C1)CC(C)(N(Cc1cccc(Br)c1)C(=O)Nc1ccccc1)C2. The molecule has 4 heteroatoms. The summed E-state index contributed by atoms with van der Waals surface area (Å²) in [4.78, 5) is 15.6. The molecular formula is C25H31BrN2O. The van der Waals surface area contributed by atoms with E-state index in [1.807, 2.05) is 42.5 Å². The van der Waals surface area contributed by atoms with Gasteiger partial charge < -0.3 is 10.2 Å². The molecule has 2 fully saturated rings. The van der Waals surface area contributed by atoms with E-state index in [4.69, 9.17) is 0 Å². The second-order valence-electron chi connectivity index (χ2n) is 9.46. The molecule has 2 aromatic carbocycles. The van der Waals surface area contributed by atoms with E-state index in [1.165, 1.54) is 19.3 Å². The average Bonchev–Trinajstić information content (AvgIpc) is 2.65. The molecule has 0 aliphatic heterocycles. The van der Waals surface area contributed by atoms with E-state index in [9.17, 15) is 4.79 Å². The third kappa shape index (κ3) is 4.85. The van der Waals surface area contributed by atoms with Crippen LogP contribution in [-0.4, -0.2) is 16.5 Å². The number of benzene rings is 2. The zero-order valence-corrected chi connectivity index (χ0v) is 19.0. The molecule has 2 aliphatic rings. The van der Waals surface area contributed by atoms with Crippen LogP contribution < -0.4 is 5.32 Å². The highest BCUT2D eigenvalue weighted by molar-refractivity contribution is 9.10. The molecule has 3 nitrogen and oxygen atoms in total. The van der Waals surface area contributed by atoms with Crippen molar-refractivity contribution >= 4 is 27.6 Å². The molecule has 1 N–H and O–H groups in total. The van der Waals surface area contributed by atoms with E-state index in [-0.39, 0.29) is 11.6 Å². The molecule has 0 spiro atoms. The summed E-state index contributed by atoms with van der Waals surface area (Å²) in [6.07, 6.45) is 6.15. The van der Waals surface area contributed by atoms with Crippen molar-refractivity contribution in [1.29, 1.82) is 0 Å². The number of nitrogens with zero attached hydrogens (tertiary/aromatic N) is 1. The highest BCUT2D eigenvalue weighted by Gasteiger charge is 2.45. The third-order valence-corrected chi connectivity index (χ3v) is 7.24. The summed E-state index contributed by atoms with van der Waals surface area (Å²) < 4.78 is 1.05. The molecule has 0 aromatic heterocycles. The van der Waals surface area contributed by atoms with Gasteiger partial charge >= 0.3 is 6.03 Å². The molecule has 2 bridgehead atoms. The van der Waals surface area contributed by atoms with Crippen LogP contribution >= 0.6 is 15.9 Å². The van der Waals surface area contributed by atoms with E-state index < -0.39 is 0 Å². The van der Waals surface area contributed by atoms with Crippen molar-refractivity contribution in [3.05, 3.63) is 64.6 Å². The zero-order chi connectivity index (χ0) is 20.4. The van der Waals surface area contributed by atoms with Crippen molar-refractivity contribution < 1.29 is 4.79 Å². The standard InChI is InChI=1S/C25H31BrN2O/c1-18-11-20-13-21(12-18)16-25(2,15-20)28(17-19-7-6-8-22(26)14-19)24(29)27-23-9-4-3-5-10-23/h3-10,14,18,20-21H,11-13,15-17H2,1-2H3,(H,27,29). The van der Waals surface area contributed by atoms with E-state index >= 15 is 0 Å². The Morgan fingerprint density at radius 3 is 2.41 bits per heavy atom. The minimum absolute atomic E-state index is 0.00620. The molecule has 2 atom stereocenters. The summed E-state index contributed by atoms with van der Waals surface area (Å²) in [6.45, 7) is 5.33. The van der Waals surface area contributed by atoms with Gasteiger partial charge in [0.2, 0.25) is 0 Å². The lowest BCUT2D eigenvalue weighted by molar-refractivity contribution is 0.0111. The Kier molecular flexibility index (Phi) is 6.00. The van der Waals surface area contributed by atoms with E-state index in [1.54, 1.807) is 0 Å². The third-order valence-electron chi connectivity index (χ3n) is 6.75. The average molecular weight is 455 g/mol. The molecular weight excluding hydrogens is 424 g/mol. The summed E-state index contributed by atoms with van der Waals surface area (Å²) in [5, 5.41) is 3.15. The first-order valence-electron chi connectivity index (χ1n) is 10.8. The molecule has 2 amide bonds. The van der Waals surface area contributed by atoms with Crippen molar-refractivity contribution in [1.82, 2.24) is 4.90 Å². The van der Waals surface area contributed by atoms with Crippen LogP contribution in [0.1, 0.15) is 51.5 Å². The second-order valence-corrected chi connectivity index (χ2v) is 10.4. The molecule has 0 radical (unpaired) electrons. The van der Waals surface area contributed by atoms with Gasteiger partial charge in [0.1, 0.15) is 0 Å². The van der Waals surface area contributed by atoms with E-state index in [2.05, 4.69) is 52.1 Å². The maximum atomic E-state index is 13.5. The molecule has 4 rings (SSSR count). The van der Waals surface area contributed by atoms with Crippen LogP contribution in [0.2, 0.25) is 0 Å². The summed E-state index contributed by atoms with van der Waals surface area (Å²) in [5.74, 6) is 2.29. The minimum atomic E-state index is -0.116. The summed E-state index contributed by atoms with van der Waals surface area (Å²) in [5.41, 5.74) is 1.90. The summed E-state index contributed by atoms with van der Waals surface area (Å²) in [7, 11) is 0. The zero-order valence-electron chi connectivity index (χ0n) is 17.4. The lowest BCUT2D eigenvalue weighted by Crippen LogP contribution is -2.55. The maximum absolute atomic E-state index is 13.5. The summed E-state index contributed by atoms with van der Waals surface area (Å²) in [6, 6.07) is 18.1. The number of rotatable bonds is 4. The number of para-hydroxylation sites is 1. The molecule has 0 saturated heterocycles. The first-order chi connectivity index (χ1) is 13.9. The van der Waals surface area contributed by atoms with Crippen LogP contribution in [0.5, 0.6) is 0 Å². The Morgan fingerprint density at radius 2 is 1.76 bits per heavy atom. The van der Waals surface area contributed by atoms with Gasteiger partial charge in [0, 0.05) is 22.2 Å². The minimum Gasteiger partial charge on any atom is -0.315 e. The van der Waals surface area contributed by atoms with Gasteiger partial charge in [-0.15, -0.1) is 0 Å². The Hall–Kier alpha value is -1.81. The van der Waals surface area contributed by atoms with Gasteiger partial charge in [-0.3, -0.25) is 0 Å². The van der Waals surface area contributed by atoms with Crippen LogP contribution in [-0.2, 0) is 6.54 Å². The molecule has 154 valence electrons. The molecule has 29 heavy (non-hydrogen) atoms. The Morgan fingerprint density at radius 1 is 1.07 bits per heavy atom. The fourth-order valence-corrected chi connectivity index (χ4v) is 6.26. The van der Waals surface area contributed by atoms with Gasteiger partial charge in [0.25, 0.3) is 0 Å². The molecule has 0 heterocycles. The fraction of sp³-hybridized carbons (Fsp3) is 0.480. The van der Waals surface area contributed by atoms with Crippen LogP contribution in [0, 0.1) is 17.8 Å². The lowest BCUT2D eigenvalue weighted by atomic mass is 9.62. The highest BCUT2D eigenvalue weighted by atomic mass is 79.9. The highest BCUT2D eigenvalue weighted by Crippen LogP contribution is 2.49. The number of nitrogens with one attached hydrogen (secondary N) is 1. The van der Waals surface area contributed by atoms with Crippen LogP contribution in [0.4, 0.5) is 10.5 Å². The van der Waals surface area contributed by atoms with Crippen molar-refractivity contribution in [2.45, 2.75) is 58.0 Å². The summed E-state index contributed by atoms with van der Waals surface area (Å²) >= 11 is 3.58. The van der Waals surface area contributed by atoms with Gasteiger partial charge in [-0.25, -0.2) is 4.79 Å². The lowest BCUT2D eigenvalue weighted by Gasteiger charge is -2.52. The van der Waals surface area contributed by atoms with Crippen LogP contribution in [0.15, 0.2) is 59.1 Å². The predicted octanol–water partition coefficient (Wildman–Crippen LogP) is 7.09. The van der Waals surface area contributed by atoms with Crippen molar-refractivity contribution in [3.8, 4) is 0 Å². The maximum Gasteiger partial charge on any atom is 0.322 e. The van der Waals surface area contributed by atoms with E-state index in [0.29, 0.717) is 6.54 Å². The van der Waals surface area contributed by atoms with Crippen molar-refractivity contribution in [2.24, 2.45) is 17.8 Å². The quantitative estimate of drug-likeness (QED) is 0.525. The van der Waals surface area contributed by atoms with Crippen LogP contribution in [0.3, 0.4) is 0 Å². The van der Waals surface area contributed by atoms with Gasteiger partial charge in [-0.05, 0) is 86.6 Å². The molecule has 2 saturated carbocycles. The smallest absolute Gasteiger partial charge is 0.315 e. The first kappa shape index (κ1) is 20.5. The number of urea groups is 1. The fourth-order valence-electron chi connectivity index (χ4n) is 5.82. The van der Waals surface area contributed by atoms with Gasteiger partial charge in [-0.2, -0.15) is 0 Å². The molecule has 2 aromatic rings. The van der Waals surface area contributed by atoms with Gasteiger partial charge in [0.05, 0.1) is 0 Å². The predicted molar refractivity (Wildman–Crippen MR) is 123 cm³/mol. The number of carbonyl (C=O) groups excluding carboxylic acids is 1. The number of amides is 2. The largest absolute Gasteiger partial charge is 0.322 e. The van der Waals surface area contributed by atoms with Crippen molar-refractivity contribution in [3.63, 3.8) is 0 Å². The Balaban J connectivity index is 1.61. The first-order valence-corrected chi connectivity index (χ1v) is 11.6. The van der Waals surface area contributed by atoms with Gasteiger partial charge in [-0.1, -0.05) is 53.2 Å². The number of halogens is 1. The number of hydrogen-bond acceptors (Lipinski definition) is 1. The topological polar surface area (TPSA) is 32.3 Å². The number of hydrogen-bond donors (Lipinski definition) is 1. The van der Waals surface area contributed by atoms with Crippen molar-refractivity contribution in [2.75, 3.05) is 5.32 Å². The Bertz CT molecular complexity index is 835. The molecule has 2 aliphatic carbocycles. The molecule has 2 unspecified atom stereocenters. The van der Waals surface area contributed by atoms with Crippen LogP contribution in [0.25, 0.3) is 0 Å². The number of carbonyl (C=O) groups is 1. The second kappa shape index (κ2) is 8.51. The number of anilines is 1.